The Bertz CT molecular complexity index is 878. The molecule has 3 rings (SSSR count). The zero-order valence-electron chi connectivity index (χ0n) is 11.8. The van der Waals surface area contributed by atoms with Gasteiger partial charge in [0.1, 0.15) is 5.75 Å². The number of alkyl halides is 6. The highest BCUT2D eigenvalue weighted by Crippen LogP contribution is 2.40. The lowest BCUT2D eigenvalue weighted by molar-refractivity contribution is -0.139. The summed E-state index contributed by atoms with van der Waals surface area (Å²) in [6, 6.07) is 7.40. The number of halogens is 6. The van der Waals surface area contributed by atoms with E-state index in [0.29, 0.717) is 5.52 Å². The number of rotatable bonds is 2. The van der Waals surface area contributed by atoms with Gasteiger partial charge in [0.05, 0.1) is 11.1 Å². The number of ether oxygens (including phenoxy) is 1. The van der Waals surface area contributed by atoms with Crippen LogP contribution in [0.5, 0.6) is 11.5 Å². The maximum Gasteiger partial charge on any atom is 0.419 e. The molecule has 1 heterocycles. The number of fused-ring (bicyclic) bond motifs is 1. The van der Waals surface area contributed by atoms with E-state index in [1.807, 2.05) is 0 Å². The van der Waals surface area contributed by atoms with Crippen LogP contribution in [-0.2, 0) is 12.4 Å². The van der Waals surface area contributed by atoms with Crippen molar-refractivity contribution in [2.75, 3.05) is 0 Å². The van der Waals surface area contributed by atoms with Gasteiger partial charge >= 0.3 is 12.4 Å². The van der Waals surface area contributed by atoms with E-state index in [1.54, 1.807) is 0 Å². The lowest BCUT2D eigenvalue weighted by Crippen LogP contribution is -2.06. The largest absolute Gasteiger partial charge is 0.454 e. The maximum atomic E-state index is 13.0. The highest BCUT2D eigenvalue weighted by atomic mass is 19.4. The molecule has 0 spiro atoms. The Kier molecular flexibility index (Phi) is 3.70. The average Bonchev–Trinajstić information content (AvgIpc) is 2.88. The summed E-state index contributed by atoms with van der Waals surface area (Å²) in [5, 5.41) is 0.0433. The lowest BCUT2D eigenvalue weighted by Gasteiger charge is -2.13. The van der Waals surface area contributed by atoms with Gasteiger partial charge in [-0.3, -0.25) is 0 Å². The Morgan fingerprint density at radius 1 is 0.792 bits per heavy atom. The van der Waals surface area contributed by atoms with Crippen LogP contribution in [0.1, 0.15) is 11.1 Å². The Morgan fingerprint density at radius 3 is 2.17 bits per heavy atom. The summed E-state index contributed by atoms with van der Waals surface area (Å²) < 4.78 is 82.6. The smallest absolute Gasteiger partial charge is 0.419 e. The first-order chi connectivity index (χ1) is 11.2. The third-order valence-electron chi connectivity index (χ3n) is 3.38. The Labute approximate surface area is 131 Å². The summed E-state index contributed by atoms with van der Waals surface area (Å²) in [6.07, 6.45) is -7.98. The molecule has 0 unspecified atom stereocenters. The van der Waals surface area contributed by atoms with Crippen LogP contribution in [-0.4, -0.2) is 4.98 Å². The van der Waals surface area contributed by atoms with Crippen LogP contribution in [0.2, 0.25) is 0 Å². The van der Waals surface area contributed by atoms with Gasteiger partial charge in [-0.05, 0) is 30.3 Å². The number of H-pyrrole nitrogens is 1. The molecule has 0 aliphatic rings. The minimum Gasteiger partial charge on any atom is -0.454 e. The SMILES string of the molecule is FC(F)(F)c1ccc2[nH]cc(Oc3ccccc3C(F)(F)F)c2c1. The molecule has 24 heavy (non-hydrogen) atoms. The number of nitrogens with one attached hydrogen (secondary N) is 1. The van der Waals surface area contributed by atoms with E-state index in [0.717, 1.165) is 24.3 Å². The first kappa shape index (κ1) is 16.2. The molecule has 0 radical (unpaired) electrons. The number of hydrogen-bond acceptors (Lipinski definition) is 1. The van der Waals surface area contributed by atoms with Crippen molar-refractivity contribution in [2.45, 2.75) is 12.4 Å². The second-order valence-corrected chi connectivity index (χ2v) is 5.01. The third kappa shape index (κ3) is 3.04. The van der Waals surface area contributed by atoms with Gasteiger partial charge in [-0.2, -0.15) is 26.3 Å². The number of para-hydroxylation sites is 1. The summed E-state index contributed by atoms with van der Waals surface area (Å²) in [4.78, 5) is 2.67. The minimum absolute atomic E-state index is 0.0433. The Balaban J connectivity index is 2.06. The predicted molar refractivity (Wildman–Crippen MR) is 74.8 cm³/mol. The topological polar surface area (TPSA) is 25.0 Å². The molecule has 0 bridgehead atoms. The Morgan fingerprint density at radius 2 is 1.50 bits per heavy atom. The molecule has 2 nitrogen and oxygen atoms in total. The minimum atomic E-state index is -4.64. The average molecular weight is 345 g/mol. The quantitative estimate of drug-likeness (QED) is 0.566. The molecule has 0 amide bonds. The molecule has 1 aromatic heterocycles. The molecule has 0 saturated carbocycles. The molecule has 0 saturated heterocycles. The van der Waals surface area contributed by atoms with E-state index < -0.39 is 29.2 Å². The molecule has 8 heteroatoms. The number of aromatic amines is 1. The molecule has 2 aromatic carbocycles. The monoisotopic (exact) mass is 345 g/mol. The summed E-state index contributed by atoms with van der Waals surface area (Å²) in [7, 11) is 0. The number of benzene rings is 2. The van der Waals surface area contributed by atoms with Crippen molar-refractivity contribution in [1.29, 1.82) is 0 Å². The van der Waals surface area contributed by atoms with Crippen LogP contribution in [0.4, 0.5) is 26.3 Å². The van der Waals surface area contributed by atoms with Crippen LogP contribution in [0, 0.1) is 0 Å². The summed E-state index contributed by atoms with van der Waals surface area (Å²) in [5.41, 5.74) is -1.60. The van der Waals surface area contributed by atoms with Crippen LogP contribution >= 0.6 is 0 Å². The highest BCUT2D eigenvalue weighted by molar-refractivity contribution is 5.87. The summed E-state index contributed by atoms with van der Waals surface area (Å²) >= 11 is 0. The molecule has 3 aromatic rings. The van der Waals surface area contributed by atoms with E-state index in [1.165, 1.54) is 24.4 Å². The van der Waals surface area contributed by atoms with E-state index in [-0.39, 0.29) is 11.1 Å². The van der Waals surface area contributed by atoms with Gasteiger partial charge < -0.3 is 9.72 Å². The van der Waals surface area contributed by atoms with Gasteiger partial charge in [0.25, 0.3) is 0 Å². The van der Waals surface area contributed by atoms with Crippen LogP contribution in [0.15, 0.2) is 48.7 Å². The first-order valence-corrected chi connectivity index (χ1v) is 6.68. The molecule has 126 valence electrons. The van der Waals surface area contributed by atoms with Gasteiger partial charge in [0, 0.05) is 17.1 Å². The molecular weight excluding hydrogens is 336 g/mol. The van der Waals surface area contributed by atoms with Gasteiger partial charge in [0.2, 0.25) is 0 Å². The van der Waals surface area contributed by atoms with Crippen molar-refractivity contribution >= 4 is 10.9 Å². The molecule has 0 atom stereocenters. The Hall–Kier alpha value is -2.64. The van der Waals surface area contributed by atoms with Crippen molar-refractivity contribution in [3.8, 4) is 11.5 Å². The van der Waals surface area contributed by atoms with Crippen LogP contribution in [0.3, 0.4) is 0 Å². The van der Waals surface area contributed by atoms with Gasteiger partial charge in [0.15, 0.2) is 5.75 Å². The van der Waals surface area contributed by atoms with Gasteiger partial charge in [-0.25, -0.2) is 0 Å². The molecule has 1 N–H and O–H groups in total. The molecular formula is C16H9F6NO. The fourth-order valence-electron chi connectivity index (χ4n) is 2.26. The fraction of sp³-hybridized carbons (Fsp3) is 0.125. The summed E-state index contributed by atoms with van der Waals surface area (Å²) in [6.45, 7) is 0. The number of hydrogen-bond donors (Lipinski definition) is 1. The van der Waals surface area contributed by atoms with Crippen molar-refractivity contribution in [1.82, 2.24) is 4.98 Å². The second-order valence-electron chi connectivity index (χ2n) is 5.01. The maximum absolute atomic E-state index is 13.0. The first-order valence-electron chi connectivity index (χ1n) is 6.68. The molecule has 0 fully saturated rings. The third-order valence-corrected chi connectivity index (χ3v) is 3.38. The standard InChI is InChI=1S/C16H9F6NO/c17-15(18,19)9-5-6-12-10(7-9)14(8-23-12)24-13-4-2-1-3-11(13)16(20,21)22/h1-8,23H. The predicted octanol–water partition coefficient (Wildman–Crippen LogP) is 6.00. The second kappa shape index (κ2) is 5.47. The fourth-order valence-corrected chi connectivity index (χ4v) is 2.26. The van der Waals surface area contributed by atoms with Gasteiger partial charge in [-0.15, -0.1) is 0 Å². The van der Waals surface area contributed by atoms with Crippen molar-refractivity contribution in [3.63, 3.8) is 0 Å². The number of aromatic nitrogens is 1. The van der Waals surface area contributed by atoms with Crippen LogP contribution < -0.4 is 4.74 Å². The van der Waals surface area contributed by atoms with Crippen molar-refractivity contribution in [3.05, 3.63) is 59.8 Å². The summed E-state index contributed by atoms with van der Waals surface area (Å²) in [5.74, 6) is -0.601. The van der Waals surface area contributed by atoms with E-state index in [2.05, 4.69) is 4.98 Å². The highest BCUT2D eigenvalue weighted by Gasteiger charge is 2.34. The van der Waals surface area contributed by atoms with Crippen molar-refractivity contribution in [2.24, 2.45) is 0 Å². The van der Waals surface area contributed by atoms with E-state index in [4.69, 9.17) is 4.74 Å². The van der Waals surface area contributed by atoms with Gasteiger partial charge in [-0.1, -0.05) is 12.1 Å². The lowest BCUT2D eigenvalue weighted by atomic mass is 10.1. The molecule has 0 aliphatic carbocycles. The van der Waals surface area contributed by atoms with E-state index >= 15 is 0 Å². The van der Waals surface area contributed by atoms with E-state index in [9.17, 15) is 26.3 Å². The normalized spacial score (nSPS) is 12.6. The molecule has 0 aliphatic heterocycles. The zero-order valence-corrected chi connectivity index (χ0v) is 11.8. The van der Waals surface area contributed by atoms with Crippen molar-refractivity contribution < 1.29 is 31.1 Å². The van der Waals surface area contributed by atoms with Crippen LogP contribution in [0.25, 0.3) is 10.9 Å². The zero-order chi connectivity index (χ0) is 17.5.